The van der Waals surface area contributed by atoms with Gasteiger partial charge in [0.2, 0.25) is 5.91 Å². The maximum atomic E-state index is 12.3. The summed E-state index contributed by atoms with van der Waals surface area (Å²) in [5, 5.41) is 0.119. The van der Waals surface area contributed by atoms with Crippen LogP contribution in [0.15, 0.2) is 36.5 Å². The van der Waals surface area contributed by atoms with Crippen LogP contribution in [0.5, 0.6) is 11.5 Å². The molecule has 6 nitrogen and oxygen atoms in total. The number of benzene rings is 2. The average molecular weight is 395 g/mol. The molecule has 1 aliphatic rings. The summed E-state index contributed by atoms with van der Waals surface area (Å²) in [4.78, 5) is 23.6. The van der Waals surface area contributed by atoms with Crippen LogP contribution in [-0.4, -0.2) is 41.2 Å². The average Bonchev–Trinajstić information content (AvgIpc) is 3.05. The van der Waals surface area contributed by atoms with E-state index in [-0.39, 0.29) is 11.3 Å². The van der Waals surface area contributed by atoms with Crippen molar-refractivity contribution in [3.8, 4) is 22.8 Å². The number of aromatic nitrogens is 2. The van der Waals surface area contributed by atoms with E-state index in [2.05, 4.69) is 4.98 Å². The zero-order chi connectivity index (χ0) is 19.8. The Labute approximate surface area is 167 Å². The Morgan fingerprint density at radius 3 is 2.46 bits per heavy atom. The third kappa shape index (κ3) is 2.96. The third-order valence-electron chi connectivity index (χ3n) is 4.96. The standard InChI is InChI=1S/C21H21N3O3S/c1-12-16(24-13(2)28-11-19(24)25)9-8-14-21(12)22-10-15(23-14)20-17(26-3)6-5-7-18(20)27-4/h5-10,13H,11H2,1-4H3. The van der Waals surface area contributed by atoms with Crippen molar-refractivity contribution in [3.05, 3.63) is 42.1 Å². The summed E-state index contributed by atoms with van der Waals surface area (Å²) in [6, 6.07) is 9.49. The second-order valence-electron chi connectivity index (χ2n) is 6.54. The molecular formula is C21H21N3O3S. The predicted molar refractivity (Wildman–Crippen MR) is 112 cm³/mol. The van der Waals surface area contributed by atoms with E-state index < -0.39 is 0 Å². The third-order valence-corrected chi connectivity index (χ3v) is 6.07. The van der Waals surface area contributed by atoms with E-state index in [9.17, 15) is 4.79 Å². The monoisotopic (exact) mass is 395 g/mol. The summed E-state index contributed by atoms with van der Waals surface area (Å²) in [6.07, 6.45) is 1.73. The number of ether oxygens (including phenoxy) is 2. The molecule has 1 unspecified atom stereocenters. The van der Waals surface area contributed by atoms with Gasteiger partial charge in [-0.2, -0.15) is 0 Å². The number of carbonyl (C=O) groups is 1. The Hall–Kier alpha value is -2.80. The molecule has 0 bridgehead atoms. The minimum atomic E-state index is 0.119. The first-order chi connectivity index (χ1) is 13.5. The Morgan fingerprint density at radius 2 is 1.86 bits per heavy atom. The number of aryl methyl sites for hydroxylation is 1. The molecule has 0 N–H and O–H groups in total. The molecule has 7 heteroatoms. The van der Waals surface area contributed by atoms with Crippen molar-refractivity contribution in [3.63, 3.8) is 0 Å². The van der Waals surface area contributed by atoms with Crippen molar-refractivity contribution in [2.45, 2.75) is 19.2 Å². The lowest BCUT2D eigenvalue weighted by atomic mass is 10.1. The van der Waals surface area contributed by atoms with Crippen LogP contribution in [0.4, 0.5) is 5.69 Å². The van der Waals surface area contributed by atoms with Crippen molar-refractivity contribution in [2.75, 3.05) is 24.9 Å². The Balaban J connectivity index is 1.84. The molecule has 28 heavy (non-hydrogen) atoms. The van der Waals surface area contributed by atoms with Gasteiger partial charge in [-0.3, -0.25) is 14.7 Å². The van der Waals surface area contributed by atoms with Crippen molar-refractivity contribution < 1.29 is 14.3 Å². The molecule has 3 aromatic rings. The molecular weight excluding hydrogens is 374 g/mol. The fourth-order valence-corrected chi connectivity index (χ4v) is 4.47. The summed E-state index contributed by atoms with van der Waals surface area (Å²) in [6.45, 7) is 4.03. The molecule has 1 fully saturated rings. The quantitative estimate of drug-likeness (QED) is 0.664. The molecule has 144 valence electrons. The number of nitrogens with zero attached hydrogens (tertiary/aromatic N) is 3. The summed E-state index contributed by atoms with van der Waals surface area (Å²) in [5.74, 6) is 1.99. The van der Waals surface area contributed by atoms with Gasteiger partial charge in [-0.1, -0.05) is 6.07 Å². The molecule has 1 aliphatic heterocycles. The van der Waals surface area contributed by atoms with Crippen LogP contribution in [0.1, 0.15) is 12.5 Å². The molecule has 0 radical (unpaired) electrons. The topological polar surface area (TPSA) is 64.6 Å². The van der Waals surface area contributed by atoms with Crippen molar-refractivity contribution >= 4 is 34.4 Å². The SMILES string of the molecule is COc1cccc(OC)c1-c1cnc2c(C)c(N3C(=O)CSC3C)ccc2n1. The number of thioether (sulfide) groups is 1. The molecule has 4 rings (SSSR count). The molecule has 1 amide bonds. The first kappa shape index (κ1) is 18.6. The molecule has 1 aromatic heterocycles. The minimum absolute atomic E-state index is 0.119. The van der Waals surface area contributed by atoms with Crippen LogP contribution in [0.2, 0.25) is 0 Å². The summed E-state index contributed by atoms with van der Waals surface area (Å²) >= 11 is 1.64. The Bertz CT molecular complexity index is 1050. The number of amides is 1. The summed E-state index contributed by atoms with van der Waals surface area (Å²) in [5.41, 5.74) is 4.84. The first-order valence-electron chi connectivity index (χ1n) is 8.96. The van der Waals surface area contributed by atoms with E-state index in [1.807, 2.05) is 49.1 Å². The number of methoxy groups -OCH3 is 2. The van der Waals surface area contributed by atoms with Crippen LogP contribution in [0.25, 0.3) is 22.3 Å². The maximum absolute atomic E-state index is 12.3. The highest BCUT2D eigenvalue weighted by molar-refractivity contribution is 8.01. The lowest BCUT2D eigenvalue weighted by Crippen LogP contribution is -2.31. The van der Waals surface area contributed by atoms with Crippen LogP contribution in [0.3, 0.4) is 0 Å². The molecule has 0 saturated carbocycles. The van der Waals surface area contributed by atoms with Crippen LogP contribution >= 0.6 is 11.8 Å². The van der Waals surface area contributed by atoms with Crippen molar-refractivity contribution in [1.82, 2.24) is 9.97 Å². The van der Waals surface area contributed by atoms with Gasteiger partial charge >= 0.3 is 0 Å². The number of rotatable bonds is 4. The van der Waals surface area contributed by atoms with Crippen LogP contribution in [-0.2, 0) is 4.79 Å². The van der Waals surface area contributed by atoms with E-state index >= 15 is 0 Å². The predicted octanol–water partition coefficient (Wildman–Crippen LogP) is 4.05. The molecule has 1 saturated heterocycles. The normalized spacial score (nSPS) is 16.6. The van der Waals surface area contributed by atoms with E-state index in [1.165, 1.54) is 0 Å². The zero-order valence-electron chi connectivity index (χ0n) is 16.2. The largest absolute Gasteiger partial charge is 0.496 e. The molecule has 1 atom stereocenters. The number of hydrogen-bond donors (Lipinski definition) is 0. The fourth-order valence-electron chi connectivity index (χ4n) is 3.57. The van der Waals surface area contributed by atoms with E-state index in [4.69, 9.17) is 14.5 Å². The lowest BCUT2D eigenvalue weighted by molar-refractivity contribution is -0.115. The Morgan fingerprint density at radius 1 is 1.14 bits per heavy atom. The number of hydrogen-bond acceptors (Lipinski definition) is 6. The van der Waals surface area contributed by atoms with Crippen molar-refractivity contribution in [1.29, 1.82) is 0 Å². The van der Waals surface area contributed by atoms with Gasteiger partial charge in [0.05, 0.1) is 59.5 Å². The highest BCUT2D eigenvalue weighted by atomic mass is 32.2. The summed E-state index contributed by atoms with van der Waals surface area (Å²) in [7, 11) is 3.24. The van der Waals surface area contributed by atoms with Gasteiger partial charge < -0.3 is 9.47 Å². The van der Waals surface area contributed by atoms with E-state index in [1.54, 1.807) is 32.2 Å². The summed E-state index contributed by atoms with van der Waals surface area (Å²) < 4.78 is 11.0. The minimum Gasteiger partial charge on any atom is -0.496 e. The van der Waals surface area contributed by atoms with Crippen LogP contribution < -0.4 is 14.4 Å². The van der Waals surface area contributed by atoms with Gasteiger partial charge in [-0.05, 0) is 38.1 Å². The van der Waals surface area contributed by atoms with Gasteiger partial charge in [0, 0.05) is 5.56 Å². The second kappa shape index (κ2) is 7.31. The fraction of sp³-hybridized carbons (Fsp3) is 0.286. The van der Waals surface area contributed by atoms with E-state index in [0.29, 0.717) is 22.9 Å². The first-order valence-corrected chi connectivity index (χ1v) is 10.0. The van der Waals surface area contributed by atoms with Crippen molar-refractivity contribution in [2.24, 2.45) is 0 Å². The maximum Gasteiger partial charge on any atom is 0.238 e. The van der Waals surface area contributed by atoms with Gasteiger partial charge in [0.15, 0.2) is 0 Å². The van der Waals surface area contributed by atoms with Gasteiger partial charge in [-0.15, -0.1) is 11.8 Å². The van der Waals surface area contributed by atoms with Crippen LogP contribution in [0, 0.1) is 6.92 Å². The molecule has 0 spiro atoms. The Kier molecular flexibility index (Phi) is 4.85. The highest BCUT2D eigenvalue weighted by Gasteiger charge is 2.31. The van der Waals surface area contributed by atoms with Gasteiger partial charge in [0.1, 0.15) is 11.5 Å². The number of anilines is 1. The lowest BCUT2D eigenvalue weighted by Gasteiger charge is -2.23. The zero-order valence-corrected chi connectivity index (χ0v) is 17.0. The molecule has 2 aromatic carbocycles. The second-order valence-corrected chi connectivity index (χ2v) is 7.85. The molecule has 0 aliphatic carbocycles. The number of carbonyl (C=O) groups excluding carboxylic acids is 1. The number of fused-ring (bicyclic) bond motifs is 1. The smallest absolute Gasteiger partial charge is 0.238 e. The van der Waals surface area contributed by atoms with Gasteiger partial charge in [0.25, 0.3) is 0 Å². The highest BCUT2D eigenvalue weighted by Crippen LogP contribution is 2.39. The van der Waals surface area contributed by atoms with E-state index in [0.717, 1.165) is 27.8 Å². The molecule has 2 heterocycles. The van der Waals surface area contributed by atoms with Gasteiger partial charge in [-0.25, -0.2) is 4.98 Å².